The second-order valence-electron chi connectivity index (χ2n) is 4.10. The molecular formula is C12H19NO2. The Morgan fingerprint density at radius 2 is 1.93 bits per heavy atom. The quantitative estimate of drug-likeness (QED) is 0.810. The summed E-state index contributed by atoms with van der Waals surface area (Å²) in [5.41, 5.74) is 2.41. The largest absolute Gasteiger partial charge is 0.481 e. The monoisotopic (exact) mass is 209 g/mol. The van der Waals surface area contributed by atoms with Crippen molar-refractivity contribution in [1.29, 1.82) is 0 Å². The second-order valence-corrected chi connectivity index (χ2v) is 4.10. The zero-order valence-electron chi connectivity index (χ0n) is 9.66. The fraction of sp³-hybridized carbons (Fsp3) is 0.583. The van der Waals surface area contributed by atoms with Gasteiger partial charge in [0.2, 0.25) is 0 Å². The lowest BCUT2D eigenvalue weighted by Gasteiger charge is -2.16. The van der Waals surface area contributed by atoms with Crippen LogP contribution in [0.25, 0.3) is 0 Å². The van der Waals surface area contributed by atoms with E-state index in [1.807, 2.05) is 6.92 Å². The van der Waals surface area contributed by atoms with E-state index >= 15 is 0 Å². The normalized spacial score (nSPS) is 12.7. The van der Waals surface area contributed by atoms with Gasteiger partial charge in [-0.1, -0.05) is 13.3 Å². The highest BCUT2D eigenvalue weighted by Gasteiger charge is 2.13. The highest BCUT2D eigenvalue weighted by atomic mass is 16.4. The highest BCUT2D eigenvalue weighted by molar-refractivity contribution is 5.66. The van der Waals surface area contributed by atoms with Crippen LogP contribution in [0.4, 0.5) is 0 Å². The van der Waals surface area contributed by atoms with E-state index in [0.29, 0.717) is 0 Å². The molecule has 84 valence electrons. The molecule has 1 aromatic heterocycles. The number of aryl methyl sites for hydroxylation is 2. The fourth-order valence-electron chi connectivity index (χ4n) is 1.83. The smallest absolute Gasteiger partial charge is 0.303 e. The number of carboxylic acids is 1. The first-order valence-electron chi connectivity index (χ1n) is 5.39. The maximum Gasteiger partial charge on any atom is 0.303 e. The minimum Gasteiger partial charge on any atom is -0.481 e. The lowest BCUT2D eigenvalue weighted by Crippen LogP contribution is -2.15. The van der Waals surface area contributed by atoms with Gasteiger partial charge in [-0.25, -0.2) is 0 Å². The molecule has 3 heteroatoms. The molecule has 0 radical (unpaired) electrons. The molecule has 15 heavy (non-hydrogen) atoms. The van der Waals surface area contributed by atoms with Crippen LogP contribution in [0.5, 0.6) is 0 Å². The SMILES string of the molecule is CCC(CC(=O)O)Cn1c(C)ccc1C. The van der Waals surface area contributed by atoms with Gasteiger partial charge in [-0.3, -0.25) is 4.79 Å². The number of hydrogen-bond acceptors (Lipinski definition) is 1. The van der Waals surface area contributed by atoms with Crippen molar-refractivity contribution in [2.75, 3.05) is 0 Å². The Hall–Kier alpha value is -1.25. The van der Waals surface area contributed by atoms with Crippen LogP contribution >= 0.6 is 0 Å². The van der Waals surface area contributed by atoms with Crippen molar-refractivity contribution in [3.05, 3.63) is 23.5 Å². The van der Waals surface area contributed by atoms with Gasteiger partial charge in [-0.2, -0.15) is 0 Å². The number of carbonyl (C=O) groups is 1. The molecule has 1 rings (SSSR count). The molecule has 0 amide bonds. The van der Waals surface area contributed by atoms with Gasteiger partial charge in [0.1, 0.15) is 0 Å². The standard InChI is InChI=1S/C12H19NO2/c1-4-11(7-12(14)15)8-13-9(2)5-6-10(13)3/h5-6,11H,4,7-8H2,1-3H3,(H,14,15). The lowest BCUT2D eigenvalue weighted by atomic mass is 10.0. The summed E-state index contributed by atoms with van der Waals surface area (Å²) in [4.78, 5) is 10.7. The molecule has 0 bridgehead atoms. The first kappa shape index (κ1) is 11.8. The highest BCUT2D eigenvalue weighted by Crippen LogP contribution is 2.16. The molecule has 1 heterocycles. The zero-order valence-corrected chi connectivity index (χ0v) is 9.66. The fourth-order valence-corrected chi connectivity index (χ4v) is 1.83. The third kappa shape index (κ3) is 3.11. The summed E-state index contributed by atoms with van der Waals surface area (Å²) >= 11 is 0. The molecule has 0 saturated carbocycles. The van der Waals surface area contributed by atoms with Gasteiger partial charge in [0, 0.05) is 24.4 Å². The van der Waals surface area contributed by atoms with Crippen molar-refractivity contribution in [1.82, 2.24) is 4.57 Å². The Bertz CT molecular complexity index is 322. The van der Waals surface area contributed by atoms with E-state index in [1.54, 1.807) is 0 Å². The van der Waals surface area contributed by atoms with Crippen LogP contribution in [-0.4, -0.2) is 15.6 Å². The molecule has 0 spiro atoms. The minimum absolute atomic E-state index is 0.229. The van der Waals surface area contributed by atoms with Gasteiger partial charge in [0.15, 0.2) is 0 Å². The van der Waals surface area contributed by atoms with Gasteiger partial charge in [0.05, 0.1) is 0 Å². The minimum atomic E-state index is -0.704. The number of aliphatic carboxylic acids is 1. The van der Waals surface area contributed by atoms with E-state index in [1.165, 1.54) is 11.4 Å². The van der Waals surface area contributed by atoms with E-state index in [9.17, 15) is 4.79 Å². The van der Waals surface area contributed by atoms with Crippen LogP contribution in [0.3, 0.4) is 0 Å². The van der Waals surface area contributed by atoms with E-state index in [0.717, 1.165) is 13.0 Å². The van der Waals surface area contributed by atoms with Crippen molar-refractivity contribution < 1.29 is 9.90 Å². The van der Waals surface area contributed by atoms with Crippen molar-refractivity contribution in [3.63, 3.8) is 0 Å². The molecule has 1 N–H and O–H groups in total. The third-order valence-electron chi connectivity index (χ3n) is 2.90. The molecular weight excluding hydrogens is 190 g/mol. The van der Waals surface area contributed by atoms with Crippen molar-refractivity contribution in [2.45, 2.75) is 40.2 Å². The molecule has 1 aromatic rings. The van der Waals surface area contributed by atoms with Gasteiger partial charge in [-0.05, 0) is 31.9 Å². The first-order valence-corrected chi connectivity index (χ1v) is 5.39. The van der Waals surface area contributed by atoms with Crippen LogP contribution in [-0.2, 0) is 11.3 Å². The Balaban J connectivity index is 2.70. The summed E-state index contributed by atoms with van der Waals surface area (Å²) < 4.78 is 2.19. The summed E-state index contributed by atoms with van der Waals surface area (Å²) in [6, 6.07) is 4.14. The van der Waals surface area contributed by atoms with Crippen LogP contribution in [0.15, 0.2) is 12.1 Å². The zero-order chi connectivity index (χ0) is 11.4. The van der Waals surface area contributed by atoms with Gasteiger partial charge >= 0.3 is 5.97 Å². The summed E-state index contributed by atoms with van der Waals surface area (Å²) in [6.07, 6.45) is 1.16. The van der Waals surface area contributed by atoms with Crippen LogP contribution in [0.1, 0.15) is 31.2 Å². The summed E-state index contributed by atoms with van der Waals surface area (Å²) in [5.74, 6) is -0.475. The Morgan fingerprint density at radius 1 is 1.40 bits per heavy atom. The summed E-state index contributed by atoms with van der Waals surface area (Å²) in [5, 5.41) is 8.77. The van der Waals surface area contributed by atoms with Crippen molar-refractivity contribution in [3.8, 4) is 0 Å². The topological polar surface area (TPSA) is 42.2 Å². The maximum absolute atomic E-state index is 10.7. The predicted octanol–water partition coefficient (Wildman–Crippen LogP) is 2.61. The molecule has 3 nitrogen and oxygen atoms in total. The average molecular weight is 209 g/mol. The van der Waals surface area contributed by atoms with E-state index in [4.69, 9.17) is 5.11 Å². The Kier molecular flexibility index (Phi) is 3.95. The molecule has 0 aliphatic heterocycles. The van der Waals surface area contributed by atoms with E-state index in [-0.39, 0.29) is 12.3 Å². The first-order chi connectivity index (χ1) is 7.04. The van der Waals surface area contributed by atoms with Gasteiger partial charge < -0.3 is 9.67 Å². The molecule has 0 aromatic carbocycles. The Morgan fingerprint density at radius 3 is 2.33 bits per heavy atom. The van der Waals surface area contributed by atoms with Crippen LogP contribution in [0.2, 0.25) is 0 Å². The van der Waals surface area contributed by atoms with Crippen molar-refractivity contribution >= 4 is 5.97 Å². The maximum atomic E-state index is 10.7. The summed E-state index contributed by atoms with van der Waals surface area (Å²) in [6.45, 7) is 6.97. The Labute approximate surface area is 90.7 Å². The van der Waals surface area contributed by atoms with E-state index in [2.05, 4.69) is 30.5 Å². The molecule has 1 atom stereocenters. The molecule has 0 fully saturated rings. The molecule has 1 unspecified atom stereocenters. The van der Waals surface area contributed by atoms with Gasteiger partial charge in [-0.15, -0.1) is 0 Å². The lowest BCUT2D eigenvalue weighted by molar-refractivity contribution is -0.138. The number of hydrogen-bond donors (Lipinski definition) is 1. The predicted molar refractivity (Wildman–Crippen MR) is 59.9 cm³/mol. The molecule has 0 aliphatic rings. The van der Waals surface area contributed by atoms with E-state index < -0.39 is 5.97 Å². The van der Waals surface area contributed by atoms with Crippen LogP contribution in [0, 0.1) is 19.8 Å². The molecule has 0 aliphatic carbocycles. The number of carboxylic acid groups (broad SMARTS) is 1. The van der Waals surface area contributed by atoms with Gasteiger partial charge in [0.25, 0.3) is 0 Å². The van der Waals surface area contributed by atoms with Crippen molar-refractivity contribution in [2.24, 2.45) is 5.92 Å². The average Bonchev–Trinajstić information content (AvgIpc) is 2.47. The summed E-state index contributed by atoms with van der Waals surface area (Å²) in [7, 11) is 0. The number of nitrogens with zero attached hydrogens (tertiary/aromatic N) is 1. The number of aromatic nitrogens is 1. The second kappa shape index (κ2) is 5.01. The molecule has 0 saturated heterocycles. The van der Waals surface area contributed by atoms with Crippen LogP contribution < -0.4 is 0 Å². The number of rotatable bonds is 5. The third-order valence-corrected chi connectivity index (χ3v) is 2.90.